The first-order valence-corrected chi connectivity index (χ1v) is 9.33. The number of hydrogen-bond donors (Lipinski definition) is 3. The summed E-state index contributed by atoms with van der Waals surface area (Å²) < 4.78 is 0. The topological polar surface area (TPSA) is 63.9 Å². The van der Waals surface area contributed by atoms with Gasteiger partial charge < -0.3 is 15.3 Å². The minimum Gasteiger partial charge on any atom is -0.395 e. The van der Waals surface area contributed by atoms with Crippen LogP contribution in [0.15, 0.2) is 30.3 Å². The average molecular weight is 338 g/mol. The Hall–Kier alpha value is -0.940. The molecular formula is C20H35NO3. The highest BCUT2D eigenvalue weighted by molar-refractivity contribution is 5.14. The third kappa shape index (κ3) is 8.25. The van der Waals surface area contributed by atoms with Gasteiger partial charge in [0.05, 0.1) is 18.8 Å². The van der Waals surface area contributed by atoms with Gasteiger partial charge in [0.2, 0.25) is 0 Å². The van der Waals surface area contributed by atoms with Crippen LogP contribution in [0.5, 0.6) is 0 Å². The summed E-state index contributed by atoms with van der Waals surface area (Å²) in [7, 11) is 0. The molecule has 0 aliphatic rings. The van der Waals surface area contributed by atoms with Gasteiger partial charge in [-0.15, -0.1) is 0 Å². The van der Waals surface area contributed by atoms with Crippen molar-refractivity contribution in [2.45, 2.75) is 64.7 Å². The lowest BCUT2D eigenvalue weighted by molar-refractivity contribution is -0.0185. The highest BCUT2D eigenvalue weighted by Crippen LogP contribution is 2.20. The van der Waals surface area contributed by atoms with Crippen LogP contribution >= 0.6 is 0 Å². The Morgan fingerprint density at radius 3 is 2.33 bits per heavy atom. The molecule has 0 fully saturated rings. The van der Waals surface area contributed by atoms with Crippen LogP contribution in [0.3, 0.4) is 0 Å². The molecule has 0 saturated carbocycles. The van der Waals surface area contributed by atoms with E-state index in [2.05, 4.69) is 13.8 Å². The highest BCUT2D eigenvalue weighted by atomic mass is 16.3. The fourth-order valence-corrected chi connectivity index (χ4v) is 3.08. The minimum atomic E-state index is -0.782. The predicted octanol–water partition coefficient (Wildman–Crippen LogP) is 2.81. The molecule has 3 unspecified atom stereocenters. The van der Waals surface area contributed by atoms with Crippen LogP contribution in [0.4, 0.5) is 0 Å². The molecule has 0 amide bonds. The third-order valence-electron chi connectivity index (χ3n) is 4.67. The second-order valence-corrected chi connectivity index (χ2v) is 6.73. The minimum absolute atomic E-state index is 0.0454. The predicted molar refractivity (Wildman–Crippen MR) is 98.7 cm³/mol. The van der Waals surface area contributed by atoms with Gasteiger partial charge in [0.25, 0.3) is 0 Å². The highest BCUT2D eigenvalue weighted by Gasteiger charge is 2.22. The first-order chi connectivity index (χ1) is 11.6. The molecule has 0 aliphatic heterocycles. The smallest absolute Gasteiger partial charge is 0.0925 e. The quantitative estimate of drug-likeness (QED) is 0.518. The molecule has 138 valence electrons. The Morgan fingerprint density at radius 2 is 1.75 bits per heavy atom. The summed E-state index contributed by atoms with van der Waals surface area (Å²) >= 11 is 0. The first kappa shape index (κ1) is 21.1. The molecule has 0 aromatic heterocycles. The summed E-state index contributed by atoms with van der Waals surface area (Å²) in [6.07, 6.45) is 3.65. The molecule has 1 aromatic rings. The van der Waals surface area contributed by atoms with Gasteiger partial charge in [0.1, 0.15) is 0 Å². The van der Waals surface area contributed by atoms with E-state index in [9.17, 15) is 15.3 Å². The monoisotopic (exact) mass is 337 g/mol. The van der Waals surface area contributed by atoms with Crippen molar-refractivity contribution in [3.05, 3.63) is 35.9 Å². The summed E-state index contributed by atoms with van der Waals surface area (Å²) in [6, 6.07) is 10.0. The summed E-state index contributed by atoms with van der Waals surface area (Å²) in [5.74, 6) is 0.468. The zero-order valence-corrected chi connectivity index (χ0v) is 15.3. The van der Waals surface area contributed by atoms with Gasteiger partial charge >= 0.3 is 0 Å². The van der Waals surface area contributed by atoms with E-state index in [1.54, 1.807) is 0 Å². The van der Waals surface area contributed by atoms with E-state index in [0.717, 1.165) is 24.8 Å². The van der Waals surface area contributed by atoms with Gasteiger partial charge in [-0.3, -0.25) is 4.90 Å². The van der Waals surface area contributed by atoms with Crippen LogP contribution in [0.2, 0.25) is 0 Å². The third-order valence-corrected chi connectivity index (χ3v) is 4.67. The zero-order chi connectivity index (χ0) is 17.8. The largest absolute Gasteiger partial charge is 0.395 e. The number of aliphatic hydroxyl groups is 3. The zero-order valence-electron chi connectivity index (χ0n) is 15.3. The van der Waals surface area contributed by atoms with Gasteiger partial charge in [0, 0.05) is 19.6 Å². The number of unbranched alkanes of at least 4 members (excludes halogenated alkanes) is 1. The molecule has 0 spiro atoms. The maximum atomic E-state index is 10.4. The Morgan fingerprint density at radius 1 is 1.04 bits per heavy atom. The van der Waals surface area contributed by atoms with E-state index in [0.29, 0.717) is 32.0 Å². The van der Waals surface area contributed by atoms with Crippen molar-refractivity contribution >= 4 is 0 Å². The van der Waals surface area contributed by atoms with Crippen molar-refractivity contribution < 1.29 is 15.3 Å². The second kappa shape index (κ2) is 12.4. The molecule has 3 N–H and O–H groups in total. The fourth-order valence-electron chi connectivity index (χ4n) is 3.08. The van der Waals surface area contributed by atoms with E-state index in [-0.39, 0.29) is 6.61 Å². The number of rotatable bonds is 13. The van der Waals surface area contributed by atoms with Crippen molar-refractivity contribution in [2.24, 2.45) is 5.92 Å². The lowest BCUT2D eigenvalue weighted by Gasteiger charge is -2.28. The van der Waals surface area contributed by atoms with Crippen molar-refractivity contribution in [2.75, 3.05) is 19.7 Å². The van der Waals surface area contributed by atoms with Crippen molar-refractivity contribution in [1.82, 2.24) is 4.90 Å². The molecule has 1 rings (SSSR count). The second-order valence-electron chi connectivity index (χ2n) is 6.73. The number of hydrogen-bond acceptors (Lipinski definition) is 4. The Labute approximate surface area is 147 Å². The molecule has 4 nitrogen and oxygen atoms in total. The normalized spacial score (nSPS) is 15.4. The van der Waals surface area contributed by atoms with Gasteiger partial charge in [0.15, 0.2) is 0 Å². The van der Waals surface area contributed by atoms with Crippen LogP contribution in [0, 0.1) is 5.92 Å². The average Bonchev–Trinajstić information content (AvgIpc) is 2.59. The lowest BCUT2D eigenvalue weighted by atomic mass is 9.91. The van der Waals surface area contributed by atoms with Crippen molar-refractivity contribution in [3.8, 4) is 0 Å². The van der Waals surface area contributed by atoms with Gasteiger partial charge in [-0.25, -0.2) is 0 Å². The Balaban J connectivity index is 2.51. The van der Waals surface area contributed by atoms with E-state index in [1.165, 1.54) is 6.42 Å². The maximum absolute atomic E-state index is 10.4. The molecular weight excluding hydrogens is 302 g/mol. The van der Waals surface area contributed by atoms with Gasteiger partial charge in [-0.05, 0) is 17.9 Å². The Bertz CT molecular complexity index is 413. The molecule has 3 atom stereocenters. The summed E-state index contributed by atoms with van der Waals surface area (Å²) in [5.41, 5.74) is 1.14. The molecule has 0 heterocycles. The summed E-state index contributed by atoms with van der Waals surface area (Å²) in [6.45, 7) is 5.90. The SMILES string of the molecule is CCCCC(CC)CC(O)C(O)CN(CCO)Cc1ccccc1. The van der Waals surface area contributed by atoms with Gasteiger partial charge in [-0.2, -0.15) is 0 Å². The standard InChI is InChI=1S/C20H35NO3/c1-3-5-9-17(4-2)14-19(23)20(24)16-21(12-13-22)15-18-10-7-6-8-11-18/h6-8,10-11,17,19-20,22-24H,3-5,9,12-16H2,1-2H3. The molecule has 0 radical (unpaired) electrons. The first-order valence-electron chi connectivity index (χ1n) is 9.33. The molecule has 4 heteroatoms. The molecule has 0 aliphatic carbocycles. The number of benzene rings is 1. The van der Waals surface area contributed by atoms with Crippen LogP contribution in [-0.4, -0.2) is 52.1 Å². The number of nitrogens with zero attached hydrogens (tertiary/aromatic N) is 1. The fraction of sp³-hybridized carbons (Fsp3) is 0.700. The number of aliphatic hydroxyl groups excluding tert-OH is 3. The summed E-state index contributed by atoms with van der Waals surface area (Å²) in [5, 5.41) is 30.0. The van der Waals surface area contributed by atoms with Gasteiger partial charge in [-0.1, -0.05) is 69.9 Å². The molecule has 0 saturated heterocycles. The van der Waals surface area contributed by atoms with Crippen LogP contribution in [0.1, 0.15) is 51.5 Å². The van der Waals surface area contributed by atoms with Crippen molar-refractivity contribution in [3.63, 3.8) is 0 Å². The summed E-state index contributed by atoms with van der Waals surface area (Å²) in [4.78, 5) is 2.00. The molecule has 0 bridgehead atoms. The van der Waals surface area contributed by atoms with E-state index in [4.69, 9.17) is 0 Å². The van der Waals surface area contributed by atoms with Crippen molar-refractivity contribution in [1.29, 1.82) is 0 Å². The van der Waals surface area contributed by atoms with E-state index >= 15 is 0 Å². The Kier molecular flexibility index (Phi) is 10.9. The molecule has 1 aromatic carbocycles. The van der Waals surface area contributed by atoms with E-state index in [1.807, 2.05) is 35.2 Å². The van der Waals surface area contributed by atoms with E-state index < -0.39 is 12.2 Å². The van der Waals surface area contributed by atoms with Crippen LogP contribution in [0.25, 0.3) is 0 Å². The molecule has 24 heavy (non-hydrogen) atoms. The van der Waals surface area contributed by atoms with Crippen LogP contribution < -0.4 is 0 Å². The lowest BCUT2D eigenvalue weighted by Crippen LogP contribution is -2.40. The maximum Gasteiger partial charge on any atom is 0.0925 e. The van der Waals surface area contributed by atoms with Crippen LogP contribution in [-0.2, 0) is 6.54 Å².